The van der Waals surface area contributed by atoms with Gasteiger partial charge in [0, 0.05) is 13.7 Å². The molecule has 12 heavy (non-hydrogen) atoms. The van der Waals surface area contributed by atoms with Gasteiger partial charge in [-0.25, -0.2) is 0 Å². The van der Waals surface area contributed by atoms with Crippen LogP contribution in [-0.2, 0) is 13.6 Å². The summed E-state index contributed by atoms with van der Waals surface area (Å²) in [5.41, 5.74) is 0. The zero-order valence-corrected chi connectivity index (χ0v) is 7.19. The highest BCUT2D eigenvalue weighted by Crippen LogP contribution is 1.89. The molecule has 0 unspecified atom stereocenters. The van der Waals surface area contributed by atoms with Crippen LogP contribution in [0.4, 0.5) is 0 Å². The van der Waals surface area contributed by atoms with E-state index in [1.54, 1.807) is 6.33 Å². The number of aliphatic hydroxyl groups excluding tert-OH is 1. The van der Waals surface area contributed by atoms with Crippen LogP contribution in [-0.4, -0.2) is 33.0 Å². The third-order valence-corrected chi connectivity index (χ3v) is 1.60. The third kappa shape index (κ3) is 2.60. The van der Waals surface area contributed by atoms with Gasteiger partial charge >= 0.3 is 0 Å². The smallest absolute Gasteiger partial charge is 0.146 e. The molecular formula is C7H14N4O. The molecule has 0 bridgehead atoms. The number of hydrogen-bond donors (Lipinski definition) is 2. The first-order valence-electron chi connectivity index (χ1n) is 3.99. The van der Waals surface area contributed by atoms with E-state index in [2.05, 4.69) is 15.5 Å². The van der Waals surface area contributed by atoms with Crippen molar-refractivity contribution in [1.82, 2.24) is 20.1 Å². The van der Waals surface area contributed by atoms with Gasteiger partial charge in [-0.2, -0.15) is 0 Å². The quantitative estimate of drug-likeness (QED) is 0.573. The first-order chi connectivity index (χ1) is 5.84. The summed E-state index contributed by atoms with van der Waals surface area (Å²) >= 11 is 0. The average molecular weight is 170 g/mol. The number of aliphatic hydroxyl groups is 1. The lowest BCUT2D eigenvalue weighted by molar-refractivity contribution is 0.285. The molecule has 0 fully saturated rings. The fraction of sp³-hybridized carbons (Fsp3) is 0.714. The summed E-state index contributed by atoms with van der Waals surface area (Å²) < 4.78 is 1.87. The molecule has 0 saturated heterocycles. The fourth-order valence-electron chi connectivity index (χ4n) is 0.871. The maximum absolute atomic E-state index is 8.50. The number of nitrogens with zero attached hydrogens (tertiary/aromatic N) is 3. The van der Waals surface area contributed by atoms with Gasteiger partial charge in [0.2, 0.25) is 0 Å². The Morgan fingerprint density at radius 2 is 2.50 bits per heavy atom. The molecule has 1 aromatic heterocycles. The predicted octanol–water partition coefficient (Wildman–Crippen LogP) is -0.713. The highest BCUT2D eigenvalue weighted by Gasteiger charge is 1.97. The van der Waals surface area contributed by atoms with Crippen molar-refractivity contribution in [3.63, 3.8) is 0 Å². The van der Waals surface area contributed by atoms with Gasteiger partial charge in [-0.3, -0.25) is 0 Å². The Labute approximate surface area is 71.4 Å². The topological polar surface area (TPSA) is 63.0 Å². The minimum atomic E-state index is 0.228. The van der Waals surface area contributed by atoms with Gasteiger partial charge in [0.15, 0.2) is 0 Å². The molecule has 0 radical (unpaired) electrons. The molecule has 1 rings (SSSR count). The van der Waals surface area contributed by atoms with Crippen LogP contribution in [0, 0.1) is 0 Å². The number of aromatic nitrogens is 3. The van der Waals surface area contributed by atoms with Gasteiger partial charge in [-0.05, 0) is 13.0 Å². The highest BCUT2D eigenvalue weighted by atomic mass is 16.3. The second-order valence-corrected chi connectivity index (χ2v) is 2.61. The largest absolute Gasteiger partial charge is 0.396 e. The van der Waals surface area contributed by atoms with Crippen molar-refractivity contribution in [3.05, 3.63) is 12.2 Å². The highest BCUT2D eigenvalue weighted by molar-refractivity contribution is 4.82. The Kier molecular flexibility index (Phi) is 3.69. The summed E-state index contributed by atoms with van der Waals surface area (Å²) in [5.74, 6) is 0.910. The van der Waals surface area contributed by atoms with E-state index in [0.717, 1.165) is 18.8 Å². The Balaban J connectivity index is 2.20. The molecule has 0 aromatic carbocycles. The molecule has 0 amide bonds. The average Bonchev–Trinajstić information content (AvgIpc) is 2.46. The summed E-state index contributed by atoms with van der Waals surface area (Å²) in [6.07, 6.45) is 2.45. The lowest BCUT2D eigenvalue weighted by atomic mass is 10.4. The Morgan fingerprint density at radius 1 is 1.67 bits per heavy atom. The van der Waals surface area contributed by atoms with Crippen molar-refractivity contribution >= 4 is 0 Å². The first-order valence-corrected chi connectivity index (χ1v) is 3.99. The summed E-state index contributed by atoms with van der Waals surface area (Å²) in [6, 6.07) is 0. The van der Waals surface area contributed by atoms with Gasteiger partial charge < -0.3 is 15.0 Å². The lowest BCUT2D eigenvalue weighted by Gasteiger charge is -2.01. The van der Waals surface area contributed by atoms with E-state index in [0.29, 0.717) is 6.54 Å². The van der Waals surface area contributed by atoms with Gasteiger partial charge in [0.05, 0.1) is 6.54 Å². The predicted molar refractivity (Wildman–Crippen MR) is 44.4 cm³/mol. The Hall–Kier alpha value is -0.940. The minimum absolute atomic E-state index is 0.228. The molecule has 0 saturated carbocycles. The zero-order chi connectivity index (χ0) is 8.81. The van der Waals surface area contributed by atoms with E-state index in [4.69, 9.17) is 5.11 Å². The van der Waals surface area contributed by atoms with Crippen LogP contribution in [0.5, 0.6) is 0 Å². The summed E-state index contributed by atoms with van der Waals surface area (Å²) in [6.45, 7) is 1.74. The standard InChI is InChI=1S/C7H14N4O/c1-11-6-9-10-7(11)5-8-3-2-4-12/h6,8,12H,2-5H2,1H3. The second-order valence-electron chi connectivity index (χ2n) is 2.61. The number of nitrogens with one attached hydrogen (secondary N) is 1. The maximum Gasteiger partial charge on any atom is 0.146 e. The van der Waals surface area contributed by atoms with Gasteiger partial charge in [0.1, 0.15) is 12.2 Å². The van der Waals surface area contributed by atoms with Crippen molar-refractivity contribution in [2.45, 2.75) is 13.0 Å². The molecule has 0 aliphatic heterocycles. The third-order valence-electron chi connectivity index (χ3n) is 1.60. The van der Waals surface area contributed by atoms with Gasteiger partial charge in [-0.1, -0.05) is 0 Å². The Bertz CT molecular complexity index is 223. The monoisotopic (exact) mass is 170 g/mol. The first kappa shape index (κ1) is 9.15. The van der Waals surface area contributed by atoms with Crippen LogP contribution in [0.1, 0.15) is 12.2 Å². The van der Waals surface area contributed by atoms with Crippen molar-refractivity contribution in [3.8, 4) is 0 Å². The molecule has 1 aromatic rings. The van der Waals surface area contributed by atoms with Crippen molar-refractivity contribution in [1.29, 1.82) is 0 Å². The van der Waals surface area contributed by atoms with Crippen molar-refractivity contribution in [2.75, 3.05) is 13.2 Å². The van der Waals surface area contributed by atoms with Crippen LogP contribution in [0.2, 0.25) is 0 Å². The van der Waals surface area contributed by atoms with E-state index < -0.39 is 0 Å². The van der Waals surface area contributed by atoms with Crippen LogP contribution < -0.4 is 5.32 Å². The Morgan fingerprint density at radius 3 is 3.08 bits per heavy atom. The van der Waals surface area contributed by atoms with Crippen LogP contribution >= 0.6 is 0 Å². The second kappa shape index (κ2) is 4.84. The van der Waals surface area contributed by atoms with Gasteiger partial charge in [0.25, 0.3) is 0 Å². The molecule has 68 valence electrons. The van der Waals surface area contributed by atoms with Crippen LogP contribution in [0.25, 0.3) is 0 Å². The SMILES string of the molecule is Cn1cnnc1CNCCCO. The summed E-state index contributed by atoms with van der Waals surface area (Å²) in [4.78, 5) is 0. The number of rotatable bonds is 5. The van der Waals surface area contributed by atoms with Crippen LogP contribution in [0.15, 0.2) is 6.33 Å². The molecule has 0 aliphatic carbocycles. The minimum Gasteiger partial charge on any atom is -0.396 e. The number of hydrogen-bond acceptors (Lipinski definition) is 4. The van der Waals surface area contributed by atoms with Gasteiger partial charge in [-0.15, -0.1) is 10.2 Å². The van der Waals surface area contributed by atoms with E-state index in [1.165, 1.54) is 0 Å². The maximum atomic E-state index is 8.50. The molecule has 1 heterocycles. The van der Waals surface area contributed by atoms with E-state index in [9.17, 15) is 0 Å². The fourth-order valence-corrected chi connectivity index (χ4v) is 0.871. The van der Waals surface area contributed by atoms with Crippen molar-refractivity contribution < 1.29 is 5.11 Å². The van der Waals surface area contributed by atoms with E-state index in [-0.39, 0.29) is 6.61 Å². The molecule has 2 N–H and O–H groups in total. The summed E-state index contributed by atoms with van der Waals surface area (Å²) in [5, 5.41) is 19.3. The summed E-state index contributed by atoms with van der Waals surface area (Å²) in [7, 11) is 1.91. The van der Waals surface area contributed by atoms with E-state index in [1.807, 2.05) is 11.6 Å². The normalized spacial score (nSPS) is 10.5. The van der Waals surface area contributed by atoms with Crippen LogP contribution in [0.3, 0.4) is 0 Å². The number of aryl methyl sites for hydroxylation is 1. The molecule has 5 nitrogen and oxygen atoms in total. The molecule has 5 heteroatoms. The molecular weight excluding hydrogens is 156 g/mol. The molecule has 0 aliphatic rings. The molecule has 0 atom stereocenters. The van der Waals surface area contributed by atoms with E-state index >= 15 is 0 Å². The lowest BCUT2D eigenvalue weighted by Crippen LogP contribution is -2.18. The molecule has 0 spiro atoms. The van der Waals surface area contributed by atoms with Crippen molar-refractivity contribution in [2.24, 2.45) is 7.05 Å². The zero-order valence-electron chi connectivity index (χ0n) is 7.19.